The van der Waals surface area contributed by atoms with E-state index in [1.807, 2.05) is 11.8 Å². The van der Waals surface area contributed by atoms with Gasteiger partial charge in [0.1, 0.15) is 0 Å². The summed E-state index contributed by atoms with van der Waals surface area (Å²) in [5.41, 5.74) is 2.98. The molecule has 1 heteroatoms. The van der Waals surface area contributed by atoms with Gasteiger partial charge in [-0.1, -0.05) is 45.9 Å². The monoisotopic (exact) mass is 208 g/mol. The van der Waals surface area contributed by atoms with Crippen molar-refractivity contribution in [1.29, 1.82) is 0 Å². The lowest BCUT2D eigenvalue weighted by molar-refractivity contribution is 0.794. The molecule has 0 N–H and O–H groups in total. The summed E-state index contributed by atoms with van der Waals surface area (Å²) in [4.78, 5) is 1.48. The van der Waals surface area contributed by atoms with Crippen molar-refractivity contribution in [3.63, 3.8) is 0 Å². The summed E-state index contributed by atoms with van der Waals surface area (Å²) < 4.78 is 0. The molecule has 0 bridgehead atoms. The maximum Gasteiger partial charge on any atom is 0.0138 e. The van der Waals surface area contributed by atoms with Crippen LogP contribution in [0.4, 0.5) is 0 Å². The van der Waals surface area contributed by atoms with Crippen molar-refractivity contribution in [2.45, 2.75) is 44.4 Å². The van der Waals surface area contributed by atoms with E-state index in [1.54, 1.807) is 0 Å². The average molecular weight is 208 g/mol. The van der Waals surface area contributed by atoms with E-state index in [2.05, 4.69) is 52.1 Å². The van der Waals surface area contributed by atoms with Crippen LogP contribution in [0.1, 0.15) is 50.7 Å². The van der Waals surface area contributed by atoms with E-state index in [1.165, 1.54) is 16.0 Å². The molecular formula is C13H20S. The van der Waals surface area contributed by atoms with Gasteiger partial charge in [0, 0.05) is 4.90 Å². The van der Waals surface area contributed by atoms with Crippen molar-refractivity contribution in [2.24, 2.45) is 0 Å². The van der Waals surface area contributed by atoms with Gasteiger partial charge in [-0.25, -0.2) is 0 Å². The van der Waals surface area contributed by atoms with E-state index in [4.69, 9.17) is 0 Å². The highest BCUT2D eigenvalue weighted by molar-refractivity contribution is 7.98. The van der Waals surface area contributed by atoms with Gasteiger partial charge in [-0.2, -0.15) is 0 Å². The van der Waals surface area contributed by atoms with Crippen LogP contribution in [0.5, 0.6) is 0 Å². The van der Waals surface area contributed by atoms with Crippen molar-refractivity contribution in [1.82, 2.24) is 0 Å². The molecule has 0 amide bonds. The van der Waals surface area contributed by atoms with Crippen LogP contribution < -0.4 is 0 Å². The van der Waals surface area contributed by atoms with Gasteiger partial charge in [-0.15, -0.1) is 11.8 Å². The van der Waals surface area contributed by atoms with Gasteiger partial charge in [0.15, 0.2) is 0 Å². The Bertz CT molecular complexity index is 274. The Morgan fingerprint density at radius 2 is 1.36 bits per heavy atom. The van der Waals surface area contributed by atoms with Gasteiger partial charge in [0.2, 0.25) is 0 Å². The first-order chi connectivity index (χ1) is 6.57. The largest absolute Gasteiger partial charge is 0.129 e. The Labute approximate surface area is 92.1 Å². The van der Waals surface area contributed by atoms with Crippen molar-refractivity contribution in [3.05, 3.63) is 29.3 Å². The molecule has 0 heterocycles. The molecule has 0 aromatic heterocycles. The molecule has 1 aromatic carbocycles. The number of rotatable bonds is 3. The molecule has 0 saturated carbocycles. The van der Waals surface area contributed by atoms with Crippen LogP contribution in [0.15, 0.2) is 23.1 Å². The van der Waals surface area contributed by atoms with Crippen LogP contribution in [0.25, 0.3) is 0 Å². The summed E-state index contributed by atoms with van der Waals surface area (Å²) in [6, 6.07) is 6.69. The zero-order valence-electron chi connectivity index (χ0n) is 9.79. The predicted molar refractivity (Wildman–Crippen MR) is 66.4 cm³/mol. The highest BCUT2D eigenvalue weighted by atomic mass is 32.2. The molecule has 1 aromatic rings. The fourth-order valence-electron chi connectivity index (χ4n) is 1.72. The smallest absolute Gasteiger partial charge is 0.0138 e. The summed E-state index contributed by atoms with van der Waals surface area (Å²) in [7, 11) is 0. The second-order valence-electron chi connectivity index (χ2n) is 4.28. The summed E-state index contributed by atoms with van der Waals surface area (Å²) in [5, 5.41) is 0. The Hall–Kier alpha value is -0.430. The molecule has 78 valence electrons. The van der Waals surface area contributed by atoms with E-state index in [9.17, 15) is 0 Å². The molecule has 0 aliphatic rings. The van der Waals surface area contributed by atoms with E-state index in [0.29, 0.717) is 11.8 Å². The lowest BCUT2D eigenvalue weighted by Crippen LogP contribution is -1.97. The standard InChI is InChI=1S/C13H20S/c1-9(2)11-7-6-8-12(10(3)4)13(11)14-5/h6-10H,1-5H3. The molecule has 14 heavy (non-hydrogen) atoms. The first-order valence-electron chi connectivity index (χ1n) is 5.24. The molecule has 0 nitrogen and oxygen atoms in total. The van der Waals surface area contributed by atoms with Gasteiger partial charge in [-0.3, -0.25) is 0 Å². The third kappa shape index (κ3) is 2.33. The molecule has 0 saturated heterocycles. The van der Waals surface area contributed by atoms with Crippen LogP contribution >= 0.6 is 11.8 Å². The van der Waals surface area contributed by atoms with Crippen LogP contribution in [0.3, 0.4) is 0 Å². The van der Waals surface area contributed by atoms with Gasteiger partial charge < -0.3 is 0 Å². The van der Waals surface area contributed by atoms with Gasteiger partial charge >= 0.3 is 0 Å². The third-order valence-corrected chi connectivity index (χ3v) is 3.40. The number of hydrogen-bond acceptors (Lipinski definition) is 1. The summed E-state index contributed by atoms with van der Waals surface area (Å²) >= 11 is 1.88. The Balaban J connectivity index is 3.25. The molecule has 0 atom stereocenters. The lowest BCUT2D eigenvalue weighted by Gasteiger charge is -2.17. The highest BCUT2D eigenvalue weighted by Crippen LogP contribution is 2.33. The second kappa shape index (κ2) is 4.88. The predicted octanol–water partition coefficient (Wildman–Crippen LogP) is 4.66. The Morgan fingerprint density at radius 3 is 1.64 bits per heavy atom. The third-order valence-electron chi connectivity index (χ3n) is 2.52. The Kier molecular flexibility index (Phi) is 4.06. The quantitative estimate of drug-likeness (QED) is 0.651. The highest BCUT2D eigenvalue weighted by Gasteiger charge is 2.11. The van der Waals surface area contributed by atoms with Crippen LogP contribution in [-0.4, -0.2) is 6.26 Å². The first kappa shape index (κ1) is 11.6. The van der Waals surface area contributed by atoms with E-state index in [-0.39, 0.29) is 0 Å². The van der Waals surface area contributed by atoms with E-state index < -0.39 is 0 Å². The first-order valence-corrected chi connectivity index (χ1v) is 6.47. The molecule has 0 aliphatic carbocycles. The van der Waals surface area contributed by atoms with Gasteiger partial charge in [0.05, 0.1) is 0 Å². The molecule has 0 spiro atoms. The molecular weight excluding hydrogens is 188 g/mol. The number of thioether (sulfide) groups is 1. The van der Waals surface area contributed by atoms with Crippen LogP contribution in [-0.2, 0) is 0 Å². The maximum absolute atomic E-state index is 2.26. The summed E-state index contributed by atoms with van der Waals surface area (Å²) in [6.45, 7) is 9.05. The topological polar surface area (TPSA) is 0 Å². The molecule has 0 radical (unpaired) electrons. The van der Waals surface area contributed by atoms with Crippen molar-refractivity contribution in [2.75, 3.05) is 6.26 Å². The summed E-state index contributed by atoms with van der Waals surface area (Å²) in [6.07, 6.45) is 2.17. The lowest BCUT2D eigenvalue weighted by atomic mass is 9.95. The summed E-state index contributed by atoms with van der Waals surface area (Å²) in [5.74, 6) is 1.24. The number of benzene rings is 1. The van der Waals surface area contributed by atoms with Crippen LogP contribution in [0, 0.1) is 0 Å². The number of hydrogen-bond donors (Lipinski definition) is 0. The fraction of sp³-hybridized carbons (Fsp3) is 0.538. The molecule has 1 rings (SSSR count). The van der Waals surface area contributed by atoms with Crippen molar-refractivity contribution >= 4 is 11.8 Å². The zero-order chi connectivity index (χ0) is 10.7. The minimum Gasteiger partial charge on any atom is -0.129 e. The van der Waals surface area contributed by atoms with Gasteiger partial charge in [0.25, 0.3) is 0 Å². The van der Waals surface area contributed by atoms with Gasteiger partial charge in [-0.05, 0) is 29.2 Å². The molecule has 0 unspecified atom stereocenters. The Morgan fingerprint density at radius 1 is 0.929 bits per heavy atom. The average Bonchev–Trinajstić information content (AvgIpc) is 2.16. The maximum atomic E-state index is 2.26. The van der Waals surface area contributed by atoms with E-state index in [0.717, 1.165) is 0 Å². The fourth-order valence-corrected chi connectivity index (χ4v) is 2.80. The second-order valence-corrected chi connectivity index (χ2v) is 5.10. The van der Waals surface area contributed by atoms with Crippen molar-refractivity contribution < 1.29 is 0 Å². The van der Waals surface area contributed by atoms with E-state index >= 15 is 0 Å². The minimum absolute atomic E-state index is 0.621. The molecule has 0 aliphatic heterocycles. The van der Waals surface area contributed by atoms with Crippen LogP contribution in [0.2, 0.25) is 0 Å². The van der Waals surface area contributed by atoms with Crippen molar-refractivity contribution in [3.8, 4) is 0 Å². The SMILES string of the molecule is CSc1c(C(C)C)cccc1C(C)C. The molecule has 0 fully saturated rings. The zero-order valence-corrected chi connectivity index (χ0v) is 10.6. The minimum atomic E-state index is 0.621. The normalized spacial score (nSPS) is 11.4.